The van der Waals surface area contributed by atoms with Gasteiger partial charge in [0.05, 0.1) is 39.7 Å². The highest BCUT2D eigenvalue weighted by atomic mass is 127. The van der Waals surface area contributed by atoms with Crippen LogP contribution in [0.2, 0.25) is 110 Å². The van der Waals surface area contributed by atoms with Gasteiger partial charge in [0.1, 0.15) is 18.6 Å². The van der Waals surface area contributed by atoms with Crippen molar-refractivity contribution in [2.24, 2.45) is 21.1 Å². The van der Waals surface area contributed by atoms with Gasteiger partial charge in [-0.15, -0.1) is 0 Å². The van der Waals surface area contributed by atoms with Gasteiger partial charge in [-0.1, -0.05) is 79.7 Å². The Labute approximate surface area is 560 Å². The Kier molecular flexibility index (Phi) is 32.4. The predicted octanol–water partition coefficient (Wildman–Crippen LogP) is 4.99. The van der Waals surface area contributed by atoms with Crippen LogP contribution in [-0.4, -0.2) is 73.9 Å². The molecule has 6 rings (SSSR count). The van der Waals surface area contributed by atoms with E-state index in [0.29, 0.717) is 0 Å². The van der Waals surface area contributed by atoms with Gasteiger partial charge in [-0.2, -0.15) is 0 Å². The number of benzene rings is 3. The monoisotopic (exact) mass is 1610 g/mol. The van der Waals surface area contributed by atoms with Crippen LogP contribution >= 0.6 is 35.3 Å². The molecule has 24 heteroatoms. The largest absolute Gasteiger partial charge is 1.00 e. The van der Waals surface area contributed by atoms with E-state index in [1.54, 1.807) is 35.3 Å². The number of hydrogen-bond donors (Lipinski definition) is 0. The standard InChI is InChI=1S/C34H50N4O2S2Si3.C23H43N2O3SSi4.3HI/c1-37-23-9-21-35-33(37)41-27-31-15-11-29(12-16-31)19-25-43(3,4)39-45(7,8)40-44(5,6)26-20-30-13-17-32(18-14-30)28-42-34-36-22-10-24-38(34)2;1-20(33(11,27-31(6,7)8)28-32(9,10)26-30(3,4)5)22-15-13-21(14-16-22)19-29-23-24-17-12-18-25(23)2;;;/h9-18,21-24H,19-20,25-28H2,1-8H3;12-18,20H,19H2,1-11H3;3*1H/q+2;+1;;;/p-3. The summed E-state index contributed by atoms with van der Waals surface area (Å²) in [5.41, 5.74) is 8.16. The zero-order valence-electron chi connectivity index (χ0n) is 51.7. The van der Waals surface area contributed by atoms with Crippen molar-refractivity contribution in [2.75, 3.05) is 0 Å². The molecule has 81 heavy (non-hydrogen) atoms. The molecular formula is C57H93I3N6O5S3Si7. The first-order valence-corrected chi connectivity index (χ1v) is 51.4. The minimum Gasteiger partial charge on any atom is -1.00 e. The molecule has 0 aliphatic carbocycles. The molecule has 0 saturated heterocycles. The van der Waals surface area contributed by atoms with Gasteiger partial charge < -0.3 is 92.5 Å². The van der Waals surface area contributed by atoms with Crippen LogP contribution in [0.4, 0.5) is 0 Å². The summed E-state index contributed by atoms with van der Waals surface area (Å²) in [5.74, 6) is 2.73. The normalized spacial score (nSPS) is 13.4. The second-order valence-electron chi connectivity index (χ2n) is 24.6. The maximum Gasteiger partial charge on any atom is 0.359 e. The van der Waals surface area contributed by atoms with Crippen LogP contribution in [0.5, 0.6) is 0 Å². The maximum atomic E-state index is 6.93. The molecule has 0 amide bonds. The van der Waals surface area contributed by atoms with Crippen molar-refractivity contribution in [3.05, 3.63) is 162 Å². The fraction of sp³-hybridized carbons (Fsp3) is 0.474. The molecule has 0 fully saturated rings. The summed E-state index contributed by atoms with van der Waals surface area (Å²) in [6.07, 6.45) is 13.7. The second-order valence-corrected chi connectivity index (χ2v) is 56.5. The minimum atomic E-state index is -2.56. The van der Waals surface area contributed by atoms with Crippen LogP contribution in [0.3, 0.4) is 0 Å². The SMILES string of the molecule is CC(c1ccc(CSc2nccc[n+]2C)cc1)[Si](C)(O[Si](C)(C)C)O[Si](C)(C)O[Si](C)(C)C.C[n+]1cccnc1SCc1ccc(CC[Si](C)(C)O[Si](C)(C)O[Si](C)(C)CCc2ccc(CSc3nccc[n+]3C)cc2)cc1.[I-].[I-].[I-]. The molecule has 0 N–H and O–H groups in total. The summed E-state index contributed by atoms with van der Waals surface area (Å²) >= 11 is 5.29. The number of halogens is 3. The van der Waals surface area contributed by atoms with Crippen molar-refractivity contribution >= 4 is 94.2 Å². The van der Waals surface area contributed by atoms with Gasteiger partial charge in [-0.25, -0.2) is 13.7 Å². The highest BCUT2D eigenvalue weighted by Gasteiger charge is 2.48. The molecule has 448 valence electrons. The minimum absolute atomic E-state index is 0. The lowest BCUT2D eigenvalue weighted by molar-refractivity contribution is -0.713. The molecule has 0 spiro atoms. The van der Waals surface area contributed by atoms with Crippen LogP contribution in [0.1, 0.15) is 45.8 Å². The highest BCUT2D eigenvalue weighted by molar-refractivity contribution is 7.98. The molecule has 6 aromatic rings. The smallest absolute Gasteiger partial charge is 0.359 e. The quantitative estimate of drug-likeness (QED) is 0.0230. The molecule has 0 bridgehead atoms. The van der Waals surface area contributed by atoms with E-state index in [1.807, 2.05) is 76.5 Å². The number of nitrogens with zero attached hydrogens (tertiary/aromatic N) is 6. The summed E-state index contributed by atoms with van der Waals surface area (Å²) in [5, 5.41) is 3.08. The second kappa shape index (κ2) is 34.3. The van der Waals surface area contributed by atoms with Gasteiger partial charge in [-0.05, 0) is 207 Å². The summed E-state index contributed by atoms with van der Waals surface area (Å²) in [4.78, 5) is 13.4. The van der Waals surface area contributed by atoms with Crippen molar-refractivity contribution in [1.82, 2.24) is 15.0 Å². The first-order valence-electron chi connectivity index (χ1n) is 27.3. The lowest BCUT2D eigenvalue weighted by Crippen LogP contribution is -3.00. The van der Waals surface area contributed by atoms with E-state index in [2.05, 4.69) is 207 Å². The van der Waals surface area contributed by atoms with Crippen LogP contribution in [-0.2, 0) is 71.8 Å². The van der Waals surface area contributed by atoms with Crippen LogP contribution < -0.4 is 85.6 Å². The molecule has 0 radical (unpaired) electrons. The predicted molar refractivity (Wildman–Crippen MR) is 343 cm³/mol. The Morgan fingerprint density at radius 1 is 0.407 bits per heavy atom. The number of hydrogen-bond acceptors (Lipinski definition) is 11. The zero-order valence-corrected chi connectivity index (χ0v) is 67.7. The average molecular weight is 1620 g/mol. The topological polar surface area (TPSA) is 96.5 Å². The van der Waals surface area contributed by atoms with Crippen molar-refractivity contribution in [1.29, 1.82) is 0 Å². The van der Waals surface area contributed by atoms with Crippen molar-refractivity contribution in [2.45, 2.75) is 168 Å². The Hall–Kier alpha value is -0.542. The number of rotatable bonds is 27. The first-order chi connectivity index (χ1) is 36.3. The molecule has 2 atom stereocenters. The molecule has 0 aliphatic rings. The molecule has 0 aliphatic heterocycles. The van der Waals surface area contributed by atoms with E-state index >= 15 is 0 Å². The molecule has 3 heterocycles. The van der Waals surface area contributed by atoms with Crippen molar-refractivity contribution in [3.8, 4) is 0 Å². The maximum absolute atomic E-state index is 6.93. The van der Waals surface area contributed by atoms with Gasteiger partial charge in [0.15, 0.2) is 33.3 Å². The van der Waals surface area contributed by atoms with Gasteiger partial charge in [0.2, 0.25) is 0 Å². The van der Waals surface area contributed by atoms with Gasteiger partial charge in [0.25, 0.3) is 0 Å². The van der Waals surface area contributed by atoms with E-state index < -0.39 is 59.0 Å². The fourth-order valence-electron chi connectivity index (χ4n) is 9.35. The van der Waals surface area contributed by atoms with E-state index in [1.165, 1.54) is 33.4 Å². The molecule has 2 unspecified atom stereocenters. The molecule has 3 aromatic heterocycles. The Morgan fingerprint density at radius 3 is 1.01 bits per heavy atom. The molecular weight excluding hydrogens is 1520 g/mol. The molecule has 3 aromatic carbocycles. The van der Waals surface area contributed by atoms with Crippen molar-refractivity contribution in [3.63, 3.8) is 0 Å². The number of thioether (sulfide) groups is 3. The van der Waals surface area contributed by atoms with Gasteiger partial charge in [0, 0.05) is 41.0 Å². The van der Waals surface area contributed by atoms with Gasteiger partial charge >= 0.3 is 41.2 Å². The Bertz CT molecular complexity index is 2710. The highest BCUT2D eigenvalue weighted by Crippen LogP contribution is 2.36. The fourth-order valence-corrected chi connectivity index (χ4v) is 43.8. The van der Waals surface area contributed by atoms with Crippen LogP contribution in [0.25, 0.3) is 0 Å². The summed E-state index contributed by atoms with van der Waals surface area (Å²) in [6.45, 7) is 36.2. The third-order valence-corrected chi connectivity index (χ3v) is 41.3. The third kappa shape index (κ3) is 28.4. The first kappa shape index (κ1) is 76.6. The summed E-state index contributed by atoms with van der Waals surface area (Å²) in [7, 11) is -8.35. The third-order valence-electron chi connectivity index (χ3n) is 12.6. The van der Waals surface area contributed by atoms with E-state index in [-0.39, 0.29) is 77.5 Å². The van der Waals surface area contributed by atoms with Crippen LogP contribution in [0, 0.1) is 0 Å². The van der Waals surface area contributed by atoms with E-state index in [9.17, 15) is 0 Å². The summed E-state index contributed by atoms with van der Waals surface area (Å²) < 4.78 is 40.3. The number of aryl methyl sites for hydroxylation is 5. The lowest BCUT2D eigenvalue weighted by atomic mass is 10.1. The Balaban J connectivity index is 0.000000558. The molecule has 0 saturated carbocycles. The Morgan fingerprint density at radius 2 is 0.704 bits per heavy atom. The van der Waals surface area contributed by atoms with Crippen molar-refractivity contribution < 1.29 is 106 Å². The summed E-state index contributed by atoms with van der Waals surface area (Å²) in [6, 6.07) is 35.1. The number of aromatic nitrogens is 6. The van der Waals surface area contributed by atoms with Crippen LogP contribution in [0.15, 0.2) is 144 Å². The lowest BCUT2D eigenvalue weighted by Gasteiger charge is -2.44. The van der Waals surface area contributed by atoms with E-state index in [0.717, 1.165) is 57.7 Å². The molecule has 11 nitrogen and oxygen atoms in total. The average Bonchev–Trinajstić information content (AvgIpc) is 3.33. The van der Waals surface area contributed by atoms with Gasteiger partial charge in [-0.3, -0.25) is 0 Å². The van der Waals surface area contributed by atoms with E-state index in [4.69, 9.17) is 20.6 Å². The zero-order chi connectivity index (χ0) is 57.6.